The predicted molar refractivity (Wildman–Crippen MR) is 94.3 cm³/mol. The molecule has 0 aliphatic carbocycles. The van der Waals surface area contributed by atoms with Crippen molar-refractivity contribution in [3.05, 3.63) is 51.5 Å². The van der Waals surface area contributed by atoms with Gasteiger partial charge < -0.3 is 9.80 Å². The summed E-state index contributed by atoms with van der Waals surface area (Å²) in [5.41, 5.74) is 2.44. The zero-order valence-corrected chi connectivity index (χ0v) is 13.9. The fraction of sp³-hybridized carbons (Fsp3) is 0.250. The average Bonchev–Trinajstić information content (AvgIpc) is 3.11. The molecule has 0 spiro atoms. The summed E-state index contributed by atoms with van der Waals surface area (Å²) in [5, 5.41) is 19.4. The number of benzene rings is 2. The number of rotatable bonds is 3. The lowest BCUT2D eigenvalue weighted by molar-refractivity contribution is -0.383. The van der Waals surface area contributed by atoms with Crippen LogP contribution in [0, 0.1) is 10.1 Å². The van der Waals surface area contributed by atoms with Gasteiger partial charge in [-0.05, 0) is 40.6 Å². The number of nitro benzene ring substituents is 1. The monoisotopic (exact) mass is 359 g/mol. The fourth-order valence-corrected chi connectivity index (χ4v) is 3.23. The van der Waals surface area contributed by atoms with Crippen molar-refractivity contribution >= 4 is 39.7 Å². The standard InChI is InChI=1S/C16H14ClN5O3/c17-11-1-3-12(4-2-11)20-7-9-21(10-8-20)13-5-6-14(22(23)24)16-15(13)18-25-19-16/h1-6H,7-10H2. The molecule has 1 saturated heterocycles. The van der Waals surface area contributed by atoms with Crippen LogP contribution in [-0.4, -0.2) is 41.4 Å². The molecular weight excluding hydrogens is 346 g/mol. The molecule has 3 aromatic rings. The largest absolute Gasteiger partial charge is 0.368 e. The quantitative estimate of drug-likeness (QED) is 0.524. The van der Waals surface area contributed by atoms with Gasteiger partial charge >= 0.3 is 5.69 Å². The second kappa shape index (κ2) is 6.21. The number of non-ortho nitro benzene ring substituents is 1. The molecule has 1 fully saturated rings. The van der Waals surface area contributed by atoms with Crippen LogP contribution in [0.3, 0.4) is 0 Å². The van der Waals surface area contributed by atoms with Gasteiger partial charge in [0, 0.05) is 43.0 Å². The first-order chi connectivity index (χ1) is 12.1. The van der Waals surface area contributed by atoms with Gasteiger partial charge in [0.15, 0.2) is 5.52 Å². The number of fused-ring (bicyclic) bond motifs is 1. The molecule has 8 nitrogen and oxygen atoms in total. The predicted octanol–water partition coefficient (Wildman–Crippen LogP) is 3.11. The number of nitrogens with zero attached hydrogens (tertiary/aromatic N) is 5. The highest BCUT2D eigenvalue weighted by Crippen LogP contribution is 2.32. The van der Waals surface area contributed by atoms with Crippen LogP contribution >= 0.6 is 11.6 Å². The van der Waals surface area contributed by atoms with Gasteiger partial charge in [-0.3, -0.25) is 10.1 Å². The summed E-state index contributed by atoms with van der Waals surface area (Å²) in [6.45, 7) is 3.18. The Balaban J connectivity index is 1.56. The summed E-state index contributed by atoms with van der Waals surface area (Å²) in [5.74, 6) is 0. The van der Waals surface area contributed by atoms with Crippen molar-refractivity contribution in [1.29, 1.82) is 0 Å². The summed E-state index contributed by atoms with van der Waals surface area (Å²) < 4.78 is 4.73. The first-order valence-electron chi connectivity index (χ1n) is 7.78. The van der Waals surface area contributed by atoms with Gasteiger partial charge in [0.2, 0.25) is 5.52 Å². The molecule has 2 aromatic carbocycles. The molecule has 0 bridgehead atoms. The third-order valence-corrected chi connectivity index (χ3v) is 4.63. The van der Waals surface area contributed by atoms with Crippen LogP contribution in [0.25, 0.3) is 11.0 Å². The minimum atomic E-state index is -0.477. The van der Waals surface area contributed by atoms with E-state index in [4.69, 9.17) is 16.2 Å². The summed E-state index contributed by atoms with van der Waals surface area (Å²) in [4.78, 5) is 15.0. The third kappa shape index (κ3) is 2.85. The van der Waals surface area contributed by atoms with Crippen LogP contribution in [-0.2, 0) is 0 Å². The zero-order chi connectivity index (χ0) is 17.4. The Labute approximate surface area is 147 Å². The van der Waals surface area contributed by atoms with E-state index < -0.39 is 4.92 Å². The molecule has 0 N–H and O–H groups in total. The lowest BCUT2D eigenvalue weighted by atomic mass is 10.2. The minimum Gasteiger partial charge on any atom is -0.368 e. The SMILES string of the molecule is O=[N+]([O-])c1ccc(N2CCN(c3ccc(Cl)cc3)CC2)c2nonc12. The Morgan fingerprint density at radius 2 is 1.60 bits per heavy atom. The van der Waals surface area contributed by atoms with Crippen LogP contribution in [0.1, 0.15) is 0 Å². The molecule has 0 radical (unpaired) electrons. The van der Waals surface area contributed by atoms with Crippen molar-refractivity contribution in [2.75, 3.05) is 36.0 Å². The normalized spacial score (nSPS) is 14.9. The van der Waals surface area contributed by atoms with Crippen LogP contribution in [0.4, 0.5) is 17.1 Å². The average molecular weight is 360 g/mol. The van der Waals surface area contributed by atoms with Gasteiger partial charge in [-0.2, -0.15) is 0 Å². The van der Waals surface area contributed by atoms with Crippen LogP contribution in [0.15, 0.2) is 41.0 Å². The second-order valence-electron chi connectivity index (χ2n) is 5.77. The number of hydrogen-bond acceptors (Lipinski definition) is 7. The Morgan fingerprint density at radius 1 is 0.960 bits per heavy atom. The maximum Gasteiger partial charge on any atom is 0.300 e. The lowest BCUT2D eigenvalue weighted by Crippen LogP contribution is -2.46. The fourth-order valence-electron chi connectivity index (χ4n) is 3.10. The van der Waals surface area contributed by atoms with E-state index >= 15 is 0 Å². The molecular formula is C16H14ClN5O3. The number of anilines is 2. The highest BCUT2D eigenvalue weighted by molar-refractivity contribution is 6.30. The van der Waals surface area contributed by atoms with Gasteiger partial charge in [-0.25, -0.2) is 4.63 Å². The van der Waals surface area contributed by atoms with Crippen molar-refractivity contribution in [2.24, 2.45) is 0 Å². The van der Waals surface area contributed by atoms with E-state index in [1.165, 1.54) is 6.07 Å². The van der Waals surface area contributed by atoms with E-state index in [1.54, 1.807) is 6.07 Å². The highest BCUT2D eigenvalue weighted by atomic mass is 35.5. The van der Waals surface area contributed by atoms with Crippen molar-refractivity contribution in [2.45, 2.75) is 0 Å². The Bertz CT molecular complexity index is 919. The Kier molecular flexibility index (Phi) is 3.89. The maximum absolute atomic E-state index is 11.1. The minimum absolute atomic E-state index is 0.0974. The van der Waals surface area contributed by atoms with Crippen molar-refractivity contribution in [3.8, 4) is 0 Å². The van der Waals surface area contributed by atoms with Gasteiger partial charge in [-0.1, -0.05) is 11.6 Å². The molecule has 4 rings (SSSR count). The van der Waals surface area contributed by atoms with Crippen molar-refractivity contribution in [3.63, 3.8) is 0 Å². The van der Waals surface area contributed by atoms with E-state index in [0.717, 1.165) is 37.6 Å². The summed E-state index contributed by atoms with van der Waals surface area (Å²) in [7, 11) is 0. The summed E-state index contributed by atoms with van der Waals surface area (Å²) >= 11 is 5.94. The first kappa shape index (κ1) is 15.6. The van der Waals surface area contributed by atoms with Crippen LogP contribution in [0.5, 0.6) is 0 Å². The smallest absolute Gasteiger partial charge is 0.300 e. The van der Waals surface area contributed by atoms with Crippen molar-refractivity contribution in [1.82, 2.24) is 10.3 Å². The van der Waals surface area contributed by atoms with Crippen LogP contribution in [0.2, 0.25) is 5.02 Å². The summed E-state index contributed by atoms with van der Waals surface area (Å²) in [6, 6.07) is 10.9. The number of hydrogen-bond donors (Lipinski definition) is 0. The van der Waals surface area contributed by atoms with E-state index in [-0.39, 0.29) is 11.2 Å². The molecule has 1 aliphatic rings. The van der Waals surface area contributed by atoms with E-state index in [9.17, 15) is 10.1 Å². The second-order valence-corrected chi connectivity index (χ2v) is 6.21. The zero-order valence-electron chi connectivity index (χ0n) is 13.1. The molecule has 1 aliphatic heterocycles. The molecule has 0 atom stereocenters. The van der Waals surface area contributed by atoms with Crippen molar-refractivity contribution < 1.29 is 9.55 Å². The topological polar surface area (TPSA) is 88.5 Å². The Hall–Kier alpha value is -2.87. The van der Waals surface area contributed by atoms with E-state index in [2.05, 4.69) is 20.1 Å². The van der Waals surface area contributed by atoms with Crippen LogP contribution < -0.4 is 9.80 Å². The molecule has 25 heavy (non-hydrogen) atoms. The van der Waals surface area contributed by atoms with Gasteiger partial charge in [0.1, 0.15) is 0 Å². The molecule has 0 unspecified atom stereocenters. The molecule has 128 valence electrons. The number of aromatic nitrogens is 2. The molecule has 0 saturated carbocycles. The number of piperazine rings is 1. The molecule has 2 heterocycles. The Morgan fingerprint density at radius 3 is 2.28 bits per heavy atom. The van der Waals surface area contributed by atoms with Gasteiger partial charge in [0.25, 0.3) is 0 Å². The number of nitro groups is 1. The third-order valence-electron chi connectivity index (χ3n) is 4.38. The van der Waals surface area contributed by atoms with E-state index in [0.29, 0.717) is 10.5 Å². The molecule has 0 amide bonds. The number of halogens is 1. The summed E-state index contributed by atoms with van der Waals surface area (Å²) in [6.07, 6.45) is 0. The van der Waals surface area contributed by atoms with E-state index in [1.807, 2.05) is 24.3 Å². The maximum atomic E-state index is 11.1. The van der Waals surface area contributed by atoms with Gasteiger partial charge in [0.05, 0.1) is 10.6 Å². The molecule has 9 heteroatoms. The first-order valence-corrected chi connectivity index (χ1v) is 8.16. The van der Waals surface area contributed by atoms with Gasteiger partial charge in [-0.15, -0.1) is 0 Å². The molecule has 1 aromatic heterocycles. The highest BCUT2D eigenvalue weighted by Gasteiger charge is 2.25. The lowest BCUT2D eigenvalue weighted by Gasteiger charge is -2.37.